The Morgan fingerprint density at radius 2 is 1.15 bits per heavy atom. The number of aliphatic hydroxyl groups is 2. The van der Waals surface area contributed by atoms with Gasteiger partial charge in [-0.15, -0.1) is 24.4 Å². The fraction of sp³-hybridized carbons (Fsp3) is 0.188. The van der Waals surface area contributed by atoms with Crippen molar-refractivity contribution in [3.05, 3.63) is 130 Å². The molecule has 0 fully saturated rings. The van der Waals surface area contributed by atoms with Crippen molar-refractivity contribution in [3.63, 3.8) is 0 Å². The van der Waals surface area contributed by atoms with E-state index in [1.165, 1.54) is 14.2 Å². The van der Waals surface area contributed by atoms with E-state index in [1.807, 2.05) is 84.9 Å². The normalized spacial score (nSPS) is 9.90. The van der Waals surface area contributed by atoms with E-state index in [-0.39, 0.29) is 25.2 Å². The van der Waals surface area contributed by atoms with Gasteiger partial charge in [0.15, 0.2) is 0 Å². The standard InChI is InChI=1S/C16H16O3S.C9H9BrO2.C7H8OS/c1-19-16(18)15-5-3-2-4-13(15)11-20-14-8-6-12(10-17)7-9-14;1-12-9(11)8-5-3-2-4-7(8)6-10;8-5-6-1-3-7(9)4-2-6/h2-9,17H,10-11H2,1H3;2-5H,6H2,1H3;1-4,8-9H,5H2. The molecule has 2 N–H and O–H groups in total. The third kappa shape index (κ3) is 11.7. The predicted octanol–water partition coefficient (Wildman–Crippen LogP) is 7.09. The Morgan fingerprint density at radius 1 is 0.707 bits per heavy atom. The zero-order valence-corrected chi connectivity index (χ0v) is 26.1. The first-order valence-corrected chi connectivity index (χ1v) is 15.0. The van der Waals surface area contributed by atoms with E-state index in [0.29, 0.717) is 22.2 Å². The molecule has 6 nitrogen and oxygen atoms in total. The number of thiol groups is 1. The van der Waals surface area contributed by atoms with Gasteiger partial charge in [0, 0.05) is 20.9 Å². The van der Waals surface area contributed by atoms with Crippen LogP contribution in [0, 0.1) is 0 Å². The molecule has 4 aromatic rings. The van der Waals surface area contributed by atoms with E-state index in [9.17, 15) is 9.59 Å². The van der Waals surface area contributed by atoms with Crippen LogP contribution in [0.1, 0.15) is 43.0 Å². The van der Waals surface area contributed by atoms with Crippen molar-refractivity contribution < 1.29 is 29.3 Å². The van der Waals surface area contributed by atoms with Crippen LogP contribution in [0.25, 0.3) is 0 Å². The lowest BCUT2D eigenvalue weighted by Crippen LogP contribution is -2.04. The summed E-state index contributed by atoms with van der Waals surface area (Å²) in [5, 5.41) is 18.3. The molecule has 0 aliphatic heterocycles. The molecule has 0 saturated carbocycles. The van der Waals surface area contributed by atoms with Crippen LogP contribution in [-0.2, 0) is 33.8 Å². The maximum absolute atomic E-state index is 11.7. The molecule has 0 aromatic heterocycles. The number of carbonyl (C=O) groups excluding carboxylic acids is 2. The highest BCUT2D eigenvalue weighted by Crippen LogP contribution is 2.25. The van der Waals surface area contributed by atoms with Crippen molar-refractivity contribution in [2.75, 3.05) is 14.2 Å². The monoisotopic (exact) mass is 656 g/mol. The summed E-state index contributed by atoms with van der Waals surface area (Å²) in [4.78, 5) is 24.8. The quantitative estimate of drug-likeness (QED) is 0.0807. The Kier molecular flexibility index (Phi) is 15.9. The van der Waals surface area contributed by atoms with Gasteiger partial charge in [-0.3, -0.25) is 0 Å². The predicted molar refractivity (Wildman–Crippen MR) is 170 cm³/mol. The van der Waals surface area contributed by atoms with Gasteiger partial charge in [-0.2, -0.15) is 0 Å². The number of halogens is 1. The van der Waals surface area contributed by atoms with E-state index in [4.69, 9.17) is 14.9 Å². The van der Waals surface area contributed by atoms with E-state index in [1.54, 1.807) is 23.9 Å². The highest BCUT2D eigenvalue weighted by molar-refractivity contribution is 9.08. The molecular formula is C32H33BrO6S2. The zero-order chi connectivity index (χ0) is 30.0. The molecule has 4 aromatic carbocycles. The van der Waals surface area contributed by atoms with Gasteiger partial charge in [0.2, 0.25) is 0 Å². The minimum absolute atomic E-state index is 0.0517. The van der Waals surface area contributed by atoms with Crippen LogP contribution in [0.3, 0.4) is 0 Å². The first-order chi connectivity index (χ1) is 19.9. The lowest BCUT2D eigenvalue weighted by Gasteiger charge is -2.07. The molecule has 216 valence electrons. The summed E-state index contributed by atoms with van der Waals surface area (Å²) < 4.78 is 9.40. The van der Waals surface area contributed by atoms with Crippen molar-refractivity contribution in [3.8, 4) is 0 Å². The summed E-state index contributed by atoms with van der Waals surface area (Å²) in [6.45, 7) is 0.157. The van der Waals surface area contributed by atoms with Gasteiger partial charge in [-0.1, -0.05) is 76.6 Å². The summed E-state index contributed by atoms with van der Waals surface area (Å²) in [7, 11) is 2.77. The Bertz CT molecular complexity index is 1360. The Morgan fingerprint density at radius 3 is 1.61 bits per heavy atom. The molecule has 0 aliphatic carbocycles. The second-order valence-electron chi connectivity index (χ2n) is 8.35. The second kappa shape index (κ2) is 19.1. The maximum atomic E-state index is 11.7. The van der Waals surface area contributed by atoms with Gasteiger partial charge < -0.3 is 19.7 Å². The number of hydrogen-bond donors (Lipinski definition) is 3. The van der Waals surface area contributed by atoms with Gasteiger partial charge in [0.05, 0.1) is 38.6 Å². The summed E-state index contributed by atoms with van der Waals surface area (Å²) in [5.41, 5.74) is 4.95. The Balaban J connectivity index is 0.000000237. The number of rotatable bonds is 8. The maximum Gasteiger partial charge on any atom is 0.338 e. The van der Waals surface area contributed by atoms with Gasteiger partial charge in [-0.05, 0) is 58.7 Å². The molecule has 9 heteroatoms. The Hall–Kier alpha value is -3.08. The lowest BCUT2D eigenvalue weighted by molar-refractivity contribution is 0.0591. The minimum atomic E-state index is -0.308. The van der Waals surface area contributed by atoms with Crippen molar-refractivity contribution in [1.29, 1.82) is 0 Å². The second-order valence-corrected chi connectivity index (χ2v) is 10.5. The van der Waals surface area contributed by atoms with E-state index < -0.39 is 0 Å². The molecule has 41 heavy (non-hydrogen) atoms. The molecular weight excluding hydrogens is 624 g/mol. The third-order valence-corrected chi connectivity index (χ3v) is 7.57. The van der Waals surface area contributed by atoms with Crippen molar-refractivity contribution in [2.45, 2.75) is 34.1 Å². The molecule has 0 saturated heterocycles. The number of carbonyl (C=O) groups is 2. The van der Waals surface area contributed by atoms with Crippen molar-refractivity contribution in [1.82, 2.24) is 0 Å². The molecule has 0 radical (unpaired) electrons. The van der Waals surface area contributed by atoms with Crippen LogP contribution in [0.2, 0.25) is 0 Å². The van der Waals surface area contributed by atoms with E-state index in [0.717, 1.165) is 32.0 Å². The fourth-order valence-corrected chi connectivity index (χ4v) is 4.90. The fourth-order valence-electron chi connectivity index (χ4n) is 3.35. The van der Waals surface area contributed by atoms with Gasteiger partial charge in [0.25, 0.3) is 0 Å². The van der Waals surface area contributed by atoms with Crippen LogP contribution >= 0.6 is 40.3 Å². The van der Waals surface area contributed by atoms with Crippen LogP contribution in [0.5, 0.6) is 0 Å². The number of benzene rings is 4. The first-order valence-electron chi connectivity index (χ1n) is 12.5. The van der Waals surface area contributed by atoms with Crippen LogP contribution in [0.15, 0.2) is 107 Å². The highest BCUT2D eigenvalue weighted by atomic mass is 79.9. The average molecular weight is 658 g/mol. The van der Waals surface area contributed by atoms with Gasteiger partial charge >= 0.3 is 11.9 Å². The van der Waals surface area contributed by atoms with Crippen LogP contribution < -0.4 is 0 Å². The number of alkyl halides is 1. The molecule has 0 spiro atoms. The number of aliphatic hydroxyl groups excluding tert-OH is 2. The smallest absolute Gasteiger partial charge is 0.338 e. The Labute approximate surface area is 259 Å². The molecule has 0 unspecified atom stereocenters. The number of ether oxygens (including phenoxy) is 2. The number of esters is 2. The molecule has 0 bridgehead atoms. The van der Waals surface area contributed by atoms with Crippen LogP contribution in [0.4, 0.5) is 0 Å². The van der Waals surface area contributed by atoms with Gasteiger partial charge in [0.1, 0.15) is 0 Å². The van der Waals surface area contributed by atoms with Gasteiger partial charge in [-0.25, -0.2) is 9.59 Å². The summed E-state index contributed by atoms with van der Waals surface area (Å²) >= 11 is 9.03. The van der Waals surface area contributed by atoms with Crippen molar-refractivity contribution in [2.24, 2.45) is 0 Å². The number of methoxy groups -OCH3 is 2. The molecule has 0 amide bonds. The average Bonchev–Trinajstić information content (AvgIpc) is 3.04. The van der Waals surface area contributed by atoms with Crippen LogP contribution in [-0.4, -0.2) is 36.4 Å². The molecule has 0 atom stereocenters. The topological polar surface area (TPSA) is 93.1 Å². The summed E-state index contributed by atoms with van der Waals surface area (Å²) in [6.07, 6.45) is 0. The zero-order valence-electron chi connectivity index (χ0n) is 22.8. The van der Waals surface area contributed by atoms with Crippen molar-refractivity contribution >= 4 is 52.3 Å². The number of thioether (sulfide) groups is 1. The number of hydrogen-bond acceptors (Lipinski definition) is 8. The minimum Gasteiger partial charge on any atom is -0.465 e. The largest absolute Gasteiger partial charge is 0.465 e. The highest BCUT2D eigenvalue weighted by Gasteiger charge is 2.11. The first kappa shape index (κ1) is 34.1. The molecule has 4 rings (SSSR count). The van der Waals surface area contributed by atoms with E-state index in [2.05, 4.69) is 33.3 Å². The lowest BCUT2D eigenvalue weighted by atomic mass is 10.1. The SMILES string of the molecule is COC(=O)c1ccccc1CBr.COC(=O)c1ccccc1CSc1ccc(CO)cc1.OCc1ccc(S)cc1. The summed E-state index contributed by atoms with van der Waals surface area (Å²) in [6, 6.07) is 29.9. The molecule has 0 heterocycles. The molecule has 0 aliphatic rings. The summed E-state index contributed by atoms with van der Waals surface area (Å²) in [5.74, 6) is 0.103. The third-order valence-electron chi connectivity index (χ3n) is 5.61. The van der Waals surface area contributed by atoms with E-state index >= 15 is 0 Å².